The van der Waals surface area contributed by atoms with E-state index in [2.05, 4.69) is 46.8 Å². The lowest BCUT2D eigenvalue weighted by atomic mass is 9.88. The number of hydrogen-bond acceptors (Lipinski definition) is 3. The van der Waals surface area contributed by atoms with Crippen LogP contribution in [0, 0.1) is 11.8 Å². The monoisotopic (exact) mass is 275 g/mol. The smallest absolute Gasteiger partial charge is 0.223 e. The predicted octanol–water partition coefficient (Wildman–Crippen LogP) is 1.09. The molecule has 1 aromatic carbocycles. The summed E-state index contributed by atoms with van der Waals surface area (Å²) in [5, 5.41) is 6.25. The van der Waals surface area contributed by atoms with Crippen LogP contribution in [0.1, 0.15) is 12.5 Å². The number of hydrogen-bond donors (Lipinski definition) is 2. The van der Waals surface area contributed by atoms with E-state index in [1.165, 1.54) is 5.56 Å². The first-order valence-electron chi connectivity index (χ1n) is 7.37. The molecule has 1 aliphatic rings. The molecule has 1 heterocycles. The predicted molar refractivity (Wildman–Crippen MR) is 81.3 cm³/mol. The molecule has 0 bridgehead atoms. The minimum atomic E-state index is 0.121. The first kappa shape index (κ1) is 15.0. The van der Waals surface area contributed by atoms with E-state index in [0.717, 1.165) is 26.2 Å². The average molecular weight is 275 g/mol. The number of amides is 1. The molecule has 0 aliphatic carbocycles. The summed E-state index contributed by atoms with van der Waals surface area (Å²) in [5.74, 6) is 0.817. The highest BCUT2D eigenvalue weighted by Crippen LogP contribution is 2.15. The van der Waals surface area contributed by atoms with E-state index in [-0.39, 0.29) is 11.8 Å². The van der Waals surface area contributed by atoms with Crippen molar-refractivity contribution >= 4 is 5.91 Å². The van der Waals surface area contributed by atoms with Crippen molar-refractivity contribution in [3.8, 4) is 0 Å². The summed E-state index contributed by atoms with van der Waals surface area (Å²) in [5.41, 5.74) is 1.30. The molecule has 0 aromatic heterocycles. The minimum absolute atomic E-state index is 0.121. The zero-order chi connectivity index (χ0) is 14.4. The Bertz CT molecular complexity index is 417. The van der Waals surface area contributed by atoms with E-state index in [1.54, 1.807) is 0 Å². The number of rotatable bonds is 7. The Hall–Kier alpha value is -1.39. The van der Waals surface area contributed by atoms with Crippen LogP contribution in [0.5, 0.6) is 0 Å². The van der Waals surface area contributed by atoms with E-state index in [9.17, 15) is 4.79 Å². The highest BCUT2D eigenvalue weighted by Gasteiger charge is 2.28. The molecule has 110 valence electrons. The summed E-state index contributed by atoms with van der Waals surface area (Å²) in [7, 11) is 2.08. The average Bonchev–Trinajstić information content (AvgIpc) is 2.37. The van der Waals surface area contributed by atoms with Gasteiger partial charge in [0.2, 0.25) is 5.91 Å². The Balaban J connectivity index is 1.63. The Morgan fingerprint density at radius 2 is 2.10 bits per heavy atom. The van der Waals surface area contributed by atoms with Crippen LogP contribution in [0.2, 0.25) is 0 Å². The van der Waals surface area contributed by atoms with E-state index in [0.29, 0.717) is 12.5 Å². The van der Waals surface area contributed by atoms with Crippen LogP contribution in [-0.2, 0) is 11.3 Å². The lowest BCUT2D eigenvalue weighted by molar-refractivity contribution is -0.126. The number of nitrogens with one attached hydrogen (secondary N) is 2. The standard InChI is InChI=1S/C16H25N3O/c1-13(15-10-17-11-15)16(20)18-8-9-19(2)12-14-6-4-3-5-7-14/h3-7,13,15,17H,8-12H2,1-2H3,(H,18,20). The maximum atomic E-state index is 12.0. The lowest BCUT2D eigenvalue weighted by Crippen LogP contribution is -2.50. The Morgan fingerprint density at radius 1 is 1.40 bits per heavy atom. The second-order valence-electron chi connectivity index (χ2n) is 5.72. The van der Waals surface area contributed by atoms with Gasteiger partial charge in [0.25, 0.3) is 0 Å². The molecule has 20 heavy (non-hydrogen) atoms. The van der Waals surface area contributed by atoms with Gasteiger partial charge in [0.15, 0.2) is 0 Å². The third-order valence-corrected chi connectivity index (χ3v) is 4.02. The van der Waals surface area contributed by atoms with E-state index < -0.39 is 0 Å². The topological polar surface area (TPSA) is 44.4 Å². The Morgan fingerprint density at radius 3 is 2.70 bits per heavy atom. The molecular formula is C16H25N3O. The van der Waals surface area contributed by atoms with Crippen molar-refractivity contribution in [1.29, 1.82) is 0 Å². The van der Waals surface area contributed by atoms with Gasteiger partial charge in [-0.05, 0) is 31.6 Å². The Labute approximate surface area is 121 Å². The molecule has 0 radical (unpaired) electrons. The zero-order valence-corrected chi connectivity index (χ0v) is 12.4. The molecule has 0 spiro atoms. The maximum absolute atomic E-state index is 12.0. The molecule has 1 aliphatic heterocycles. The van der Waals surface area contributed by atoms with Crippen molar-refractivity contribution in [2.24, 2.45) is 11.8 Å². The highest BCUT2D eigenvalue weighted by molar-refractivity contribution is 5.78. The van der Waals surface area contributed by atoms with Crippen LogP contribution in [0.3, 0.4) is 0 Å². The van der Waals surface area contributed by atoms with Gasteiger partial charge < -0.3 is 15.5 Å². The van der Waals surface area contributed by atoms with E-state index in [4.69, 9.17) is 0 Å². The van der Waals surface area contributed by atoms with E-state index in [1.807, 2.05) is 13.0 Å². The zero-order valence-electron chi connectivity index (χ0n) is 12.4. The summed E-state index contributed by atoms with van der Waals surface area (Å²) in [6.07, 6.45) is 0. The number of carbonyl (C=O) groups is 1. The van der Waals surface area contributed by atoms with Gasteiger partial charge in [-0.2, -0.15) is 0 Å². The fraction of sp³-hybridized carbons (Fsp3) is 0.562. The molecule has 0 saturated carbocycles. The fourth-order valence-corrected chi connectivity index (χ4v) is 2.38. The van der Waals surface area contributed by atoms with Gasteiger partial charge in [0.1, 0.15) is 0 Å². The third-order valence-electron chi connectivity index (χ3n) is 4.02. The van der Waals surface area contributed by atoms with Crippen molar-refractivity contribution in [1.82, 2.24) is 15.5 Å². The largest absolute Gasteiger partial charge is 0.355 e. The Kier molecular flexibility index (Phi) is 5.56. The molecule has 1 atom stereocenters. The molecule has 2 rings (SSSR count). The second kappa shape index (κ2) is 7.41. The van der Waals surface area contributed by atoms with Gasteiger partial charge >= 0.3 is 0 Å². The lowest BCUT2D eigenvalue weighted by Gasteiger charge is -2.31. The third kappa shape index (κ3) is 4.32. The molecular weight excluding hydrogens is 250 g/mol. The van der Waals surface area contributed by atoms with Crippen molar-refractivity contribution in [3.63, 3.8) is 0 Å². The van der Waals surface area contributed by atoms with Gasteiger partial charge in [-0.15, -0.1) is 0 Å². The van der Waals surface area contributed by atoms with Crippen molar-refractivity contribution in [3.05, 3.63) is 35.9 Å². The van der Waals surface area contributed by atoms with Crippen LogP contribution in [0.15, 0.2) is 30.3 Å². The number of carbonyl (C=O) groups excluding carboxylic acids is 1. The van der Waals surface area contributed by atoms with Gasteiger partial charge in [-0.1, -0.05) is 37.3 Å². The molecule has 4 nitrogen and oxygen atoms in total. The maximum Gasteiger partial charge on any atom is 0.223 e. The normalized spacial score (nSPS) is 16.8. The van der Waals surface area contributed by atoms with Crippen LogP contribution < -0.4 is 10.6 Å². The SMILES string of the molecule is CC(C(=O)NCCN(C)Cc1ccccc1)C1CNC1. The number of nitrogens with zero attached hydrogens (tertiary/aromatic N) is 1. The number of benzene rings is 1. The van der Waals surface area contributed by atoms with Gasteiger partial charge in [0, 0.05) is 25.6 Å². The quantitative estimate of drug-likeness (QED) is 0.783. The molecule has 1 saturated heterocycles. The minimum Gasteiger partial charge on any atom is -0.355 e. The first-order valence-corrected chi connectivity index (χ1v) is 7.37. The summed E-state index contributed by atoms with van der Waals surface area (Å²) in [6.45, 7) is 6.47. The summed E-state index contributed by atoms with van der Waals surface area (Å²) >= 11 is 0. The van der Waals surface area contributed by atoms with Crippen LogP contribution in [0.4, 0.5) is 0 Å². The first-order chi connectivity index (χ1) is 9.66. The summed E-state index contributed by atoms with van der Waals surface area (Å²) in [6, 6.07) is 10.4. The van der Waals surface area contributed by atoms with Gasteiger partial charge in [0.05, 0.1) is 0 Å². The molecule has 1 unspecified atom stereocenters. The van der Waals surface area contributed by atoms with Gasteiger partial charge in [-0.3, -0.25) is 4.79 Å². The van der Waals surface area contributed by atoms with Crippen LogP contribution in [-0.4, -0.2) is 44.0 Å². The molecule has 4 heteroatoms. The van der Waals surface area contributed by atoms with Crippen molar-refractivity contribution < 1.29 is 4.79 Å². The van der Waals surface area contributed by atoms with Crippen molar-refractivity contribution in [2.45, 2.75) is 13.5 Å². The van der Waals surface area contributed by atoms with Crippen molar-refractivity contribution in [2.75, 3.05) is 33.2 Å². The summed E-state index contributed by atoms with van der Waals surface area (Å²) < 4.78 is 0. The summed E-state index contributed by atoms with van der Waals surface area (Å²) in [4.78, 5) is 14.2. The molecule has 2 N–H and O–H groups in total. The number of likely N-dealkylation sites (N-methyl/N-ethyl adjacent to an activating group) is 1. The molecule has 1 amide bonds. The van der Waals surface area contributed by atoms with Crippen LogP contribution in [0.25, 0.3) is 0 Å². The molecule has 1 fully saturated rings. The van der Waals surface area contributed by atoms with E-state index >= 15 is 0 Å². The fourth-order valence-electron chi connectivity index (χ4n) is 2.38. The highest BCUT2D eigenvalue weighted by atomic mass is 16.1. The second-order valence-corrected chi connectivity index (χ2v) is 5.72. The van der Waals surface area contributed by atoms with Crippen LogP contribution >= 0.6 is 0 Å². The van der Waals surface area contributed by atoms with Gasteiger partial charge in [-0.25, -0.2) is 0 Å². The molecule has 1 aromatic rings.